The highest BCUT2D eigenvalue weighted by molar-refractivity contribution is 8.00. The van der Waals surface area contributed by atoms with Crippen LogP contribution in [0.5, 0.6) is 0 Å². The van der Waals surface area contributed by atoms with Gasteiger partial charge in [0.1, 0.15) is 0 Å². The average molecular weight is 429 g/mol. The van der Waals surface area contributed by atoms with Crippen molar-refractivity contribution >= 4 is 30.0 Å². The Balaban J connectivity index is 1.74. The van der Waals surface area contributed by atoms with Gasteiger partial charge in [0.05, 0.1) is 25.3 Å². The van der Waals surface area contributed by atoms with Gasteiger partial charge in [-0.1, -0.05) is 24.3 Å². The molecule has 1 aromatic rings. The quantitative estimate of drug-likeness (QED) is 0.491. The number of rotatable bonds is 8. The lowest BCUT2D eigenvalue weighted by Crippen LogP contribution is -2.39. The molecule has 1 unspecified atom stereocenters. The molecule has 6 nitrogen and oxygen atoms in total. The van der Waals surface area contributed by atoms with Crippen LogP contribution in [0.3, 0.4) is 0 Å². The Hall–Kier alpha value is -2.12. The number of allylic oxidation sites excluding steroid dienone is 1. The molecule has 1 heterocycles. The van der Waals surface area contributed by atoms with Crippen LogP contribution >= 0.6 is 11.8 Å². The number of nitrogens with zero attached hydrogens (tertiary/aromatic N) is 3. The molecule has 30 heavy (non-hydrogen) atoms. The number of aliphatic hydroxyl groups is 1. The number of thioether (sulfide) groups is 1. The summed E-state index contributed by atoms with van der Waals surface area (Å²) in [5.74, 6) is 2.02. The second-order valence-electron chi connectivity index (χ2n) is 8.31. The molecular formula is C23H32N4O2S. The van der Waals surface area contributed by atoms with Gasteiger partial charge in [0, 0.05) is 48.5 Å². The molecule has 1 saturated carbocycles. The fraction of sp³-hybridized carbons (Fsp3) is 0.522. The van der Waals surface area contributed by atoms with E-state index in [1.165, 1.54) is 5.56 Å². The monoisotopic (exact) mass is 428 g/mol. The van der Waals surface area contributed by atoms with Crippen molar-refractivity contribution in [1.29, 1.82) is 5.41 Å². The molecule has 1 saturated heterocycles. The number of hydrogen-bond donors (Lipinski definition) is 2. The zero-order chi connectivity index (χ0) is 21.8. The Morgan fingerprint density at radius 3 is 2.60 bits per heavy atom. The van der Waals surface area contributed by atoms with Crippen molar-refractivity contribution in [3.8, 4) is 0 Å². The maximum atomic E-state index is 9.71. The third kappa shape index (κ3) is 4.95. The highest BCUT2D eigenvalue weighted by Gasteiger charge is 2.46. The summed E-state index contributed by atoms with van der Waals surface area (Å²) in [7, 11) is 3.32. The van der Waals surface area contributed by atoms with Crippen LogP contribution in [0.15, 0.2) is 46.2 Å². The fourth-order valence-electron chi connectivity index (χ4n) is 3.94. The van der Waals surface area contributed by atoms with E-state index in [1.807, 2.05) is 0 Å². The number of ether oxygens (including phenoxy) is 1. The molecule has 3 rings (SSSR count). The SMILES string of the molecule is C=N/C(=C\C(=NC)c1ccc(C2(CN3CCSC(C)(CO)CC3=N)CC2)cc1)OC. The molecule has 1 aliphatic heterocycles. The molecule has 0 amide bonds. The van der Waals surface area contributed by atoms with Gasteiger partial charge < -0.3 is 14.7 Å². The van der Waals surface area contributed by atoms with Crippen molar-refractivity contribution in [1.82, 2.24) is 4.90 Å². The number of amidine groups is 1. The molecule has 2 N–H and O–H groups in total. The lowest BCUT2D eigenvalue weighted by Gasteiger charge is -2.30. The first-order chi connectivity index (χ1) is 14.4. The van der Waals surface area contributed by atoms with Gasteiger partial charge in [-0.05, 0) is 37.6 Å². The molecule has 1 aromatic carbocycles. The Morgan fingerprint density at radius 2 is 2.07 bits per heavy atom. The Bertz CT molecular complexity index is 845. The number of nitrogens with one attached hydrogen (secondary N) is 1. The van der Waals surface area contributed by atoms with Gasteiger partial charge in [-0.3, -0.25) is 10.4 Å². The van der Waals surface area contributed by atoms with Gasteiger partial charge in [-0.15, -0.1) is 0 Å². The molecule has 1 aliphatic carbocycles. The van der Waals surface area contributed by atoms with Crippen molar-refractivity contribution < 1.29 is 9.84 Å². The van der Waals surface area contributed by atoms with Crippen LogP contribution in [-0.2, 0) is 10.2 Å². The topological polar surface area (TPSA) is 81.3 Å². The van der Waals surface area contributed by atoms with Crippen LogP contribution in [0.25, 0.3) is 0 Å². The molecule has 162 valence electrons. The molecular weight excluding hydrogens is 396 g/mol. The highest BCUT2D eigenvalue weighted by atomic mass is 32.2. The maximum absolute atomic E-state index is 9.71. The van der Waals surface area contributed by atoms with Crippen LogP contribution in [-0.4, -0.2) is 72.6 Å². The predicted molar refractivity (Wildman–Crippen MR) is 126 cm³/mol. The van der Waals surface area contributed by atoms with Gasteiger partial charge >= 0.3 is 0 Å². The maximum Gasteiger partial charge on any atom is 0.214 e. The van der Waals surface area contributed by atoms with Gasteiger partial charge in [0.15, 0.2) is 0 Å². The summed E-state index contributed by atoms with van der Waals surface area (Å²) >= 11 is 1.78. The van der Waals surface area contributed by atoms with Crippen LogP contribution < -0.4 is 0 Å². The fourth-order valence-corrected chi connectivity index (χ4v) is 5.08. The van der Waals surface area contributed by atoms with E-state index in [9.17, 15) is 5.11 Å². The van der Waals surface area contributed by atoms with Crippen LogP contribution in [0, 0.1) is 5.41 Å². The second kappa shape index (κ2) is 9.35. The highest BCUT2D eigenvalue weighted by Crippen LogP contribution is 2.49. The predicted octanol–water partition coefficient (Wildman–Crippen LogP) is 3.49. The molecule has 7 heteroatoms. The third-order valence-corrected chi connectivity index (χ3v) is 7.43. The molecule has 0 spiro atoms. The molecule has 2 fully saturated rings. The van der Waals surface area contributed by atoms with Crippen LogP contribution in [0.1, 0.15) is 37.3 Å². The van der Waals surface area contributed by atoms with E-state index in [4.69, 9.17) is 10.1 Å². The summed E-state index contributed by atoms with van der Waals surface area (Å²) in [5.41, 5.74) is 3.24. The molecule has 0 bridgehead atoms. The first-order valence-electron chi connectivity index (χ1n) is 10.3. The summed E-state index contributed by atoms with van der Waals surface area (Å²) in [4.78, 5) is 10.4. The van der Waals surface area contributed by atoms with Crippen LogP contribution in [0.2, 0.25) is 0 Å². The lowest BCUT2D eigenvalue weighted by atomic mass is 9.93. The van der Waals surface area contributed by atoms with E-state index in [1.54, 1.807) is 32.0 Å². The molecule has 1 atom stereocenters. The van der Waals surface area contributed by atoms with Gasteiger partial charge in [0.25, 0.3) is 0 Å². The van der Waals surface area contributed by atoms with Gasteiger partial charge in [-0.25, -0.2) is 4.99 Å². The molecule has 2 aliphatic rings. The standard InChI is InChI=1S/C23H32N4O2S/c1-22(16-28)14-20(24)27(11-12-30-22)15-23(9-10-23)18-7-5-17(6-8-18)19(25-2)13-21(26-3)29-4/h5-8,13,24,28H,3,9-12,14-16H2,1-2,4H3/b21-13+,24-20?,25-19?. The summed E-state index contributed by atoms with van der Waals surface area (Å²) in [6.07, 6.45) is 4.68. The molecule has 0 radical (unpaired) electrons. The number of hydrogen-bond acceptors (Lipinski definition) is 6. The van der Waals surface area contributed by atoms with Gasteiger partial charge in [-0.2, -0.15) is 11.8 Å². The minimum atomic E-state index is -0.241. The largest absolute Gasteiger partial charge is 0.481 e. The number of aliphatic hydroxyl groups excluding tert-OH is 1. The van der Waals surface area contributed by atoms with Crippen molar-refractivity contribution in [3.63, 3.8) is 0 Å². The van der Waals surface area contributed by atoms with Crippen LogP contribution in [0.4, 0.5) is 0 Å². The van der Waals surface area contributed by atoms with Crippen molar-refractivity contribution in [2.75, 3.05) is 39.6 Å². The summed E-state index contributed by atoms with van der Waals surface area (Å²) in [5, 5.41) is 18.3. The second-order valence-corrected chi connectivity index (χ2v) is 10.00. The zero-order valence-electron chi connectivity index (χ0n) is 18.1. The smallest absolute Gasteiger partial charge is 0.214 e. The van der Waals surface area contributed by atoms with E-state index in [-0.39, 0.29) is 16.8 Å². The molecule has 0 aromatic heterocycles. The number of aliphatic imine (C=N–C) groups is 2. The zero-order valence-corrected chi connectivity index (χ0v) is 19.0. The summed E-state index contributed by atoms with van der Waals surface area (Å²) < 4.78 is 4.94. The van der Waals surface area contributed by atoms with Crippen molar-refractivity contribution in [2.45, 2.75) is 36.3 Å². The van der Waals surface area contributed by atoms with E-state index in [0.29, 0.717) is 18.1 Å². The minimum Gasteiger partial charge on any atom is -0.481 e. The van der Waals surface area contributed by atoms with E-state index >= 15 is 0 Å². The lowest BCUT2D eigenvalue weighted by molar-refractivity contribution is 0.257. The Morgan fingerprint density at radius 1 is 1.37 bits per heavy atom. The number of methoxy groups -OCH3 is 1. The van der Waals surface area contributed by atoms with Gasteiger partial charge in [0.2, 0.25) is 5.88 Å². The Labute approximate surface area is 183 Å². The third-order valence-electron chi connectivity index (χ3n) is 6.08. The summed E-state index contributed by atoms with van der Waals surface area (Å²) in [6, 6.07) is 8.56. The number of benzene rings is 1. The first-order valence-corrected chi connectivity index (χ1v) is 11.2. The first kappa shape index (κ1) is 22.6. The van der Waals surface area contributed by atoms with E-state index < -0.39 is 0 Å². The van der Waals surface area contributed by atoms with Crippen molar-refractivity contribution in [3.05, 3.63) is 47.4 Å². The average Bonchev–Trinajstić information content (AvgIpc) is 3.56. The Kier molecular flexibility index (Phi) is 7.03. The van der Waals surface area contributed by atoms with E-state index in [0.717, 1.165) is 43.0 Å². The van der Waals surface area contributed by atoms with E-state index in [2.05, 4.69) is 52.8 Å². The normalized spacial score (nSPS) is 24.4. The summed E-state index contributed by atoms with van der Waals surface area (Å²) in [6.45, 7) is 7.42. The minimum absolute atomic E-state index is 0.114. The van der Waals surface area contributed by atoms with Crippen molar-refractivity contribution in [2.24, 2.45) is 9.98 Å².